The average molecular weight is 276 g/mol. The molecule has 1 aromatic rings. The Morgan fingerprint density at radius 3 is 2.76 bits per heavy atom. The van der Waals surface area contributed by atoms with E-state index in [9.17, 15) is 14.7 Å². The van der Waals surface area contributed by atoms with Gasteiger partial charge in [-0.2, -0.15) is 0 Å². The first-order valence-electron chi connectivity index (χ1n) is 4.95. The van der Waals surface area contributed by atoms with Crippen molar-refractivity contribution >= 4 is 34.8 Å². The van der Waals surface area contributed by atoms with Gasteiger partial charge in [0.2, 0.25) is 0 Å². The fraction of sp³-hybridized carbons (Fsp3) is 0.400. The third-order valence-electron chi connectivity index (χ3n) is 2.64. The topological polar surface area (TPSA) is 77.8 Å². The molecule has 1 amide bonds. The van der Waals surface area contributed by atoms with Crippen LogP contribution in [-0.2, 0) is 4.79 Å². The number of aliphatic hydroxyl groups excluding tert-OH is 1. The largest absolute Gasteiger partial charge is 0.480 e. The first kappa shape index (κ1) is 12.3. The number of aliphatic hydroxyl groups is 1. The van der Waals surface area contributed by atoms with Crippen LogP contribution in [0, 0.1) is 0 Å². The van der Waals surface area contributed by atoms with Crippen LogP contribution in [0.15, 0.2) is 11.4 Å². The molecule has 5 nitrogen and oxygen atoms in total. The summed E-state index contributed by atoms with van der Waals surface area (Å²) in [4.78, 5) is 24.5. The van der Waals surface area contributed by atoms with E-state index in [1.165, 1.54) is 0 Å². The highest BCUT2D eigenvalue weighted by molar-refractivity contribution is 7.12. The zero-order valence-corrected chi connectivity index (χ0v) is 10.2. The van der Waals surface area contributed by atoms with Crippen LogP contribution in [-0.4, -0.2) is 45.7 Å². The maximum absolute atomic E-state index is 12.1. The SMILES string of the molecule is O=C(O)[C@@H]1C[C@@H](O)CN1C(=O)c1sccc1Cl. The molecule has 2 atom stereocenters. The summed E-state index contributed by atoms with van der Waals surface area (Å²) in [7, 11) is 0. The lowest BCUT2D eigenvalue weighted by Crippen LogP contribution is -2.40. The van der Waals surface area contributed by atoms with Crippen LogP contribution in [0.25, 0.3) is 0 Å². The van der Waals surface area contributed by atoms with Crippen molar-refractivity contribution in [3.8, 4) is 0 Å². The molecule has 1 saturated heterocycles. The van der Waals surface area contributed by atoms with E-state index in [0.717, 1.165) is 16.2 Å². The first-order chi connectivity index (χ1) is 8.00. The number of carboxylic acid groups (broad SMARTS) is 1. The molecule has 1 aliphatic rings. The molecule has 2 rings (SSSR count). The van der Waals surface area contributed by atoms with Crippen LogP contribution >= 0.6 is 22.9 Å². The summed E-state index contributed by atoms with van der Waals surface area (Å²) >= 11 is 6.99. The number of rotatable bonds is 2. The van der Waals surface area contributed by atoms with Gasteiger partial charge in [0, 0.05) is 13.0 Å². The molecular formula is C10H10ClNO4S. The maximum Gasteiger partial charge on any atom is 0.326 e. The molecule has 7 heteroatoms. The van der Waals surface area contributed by atoms with Crippen LogP contribution in [0.3, 0.4) is 0 Å². The van der Waals surface area contributed by atoms with Gasteiger partial charge in [0.1, 0.15) is 10.9 Å². The normalized spacial score (nSPS) is 24.0. The number of nitrogens with zero attached hydrogens (tertiary/aromatic N) is 1. The van der Waals surface area contributed by atoms with Crippen molar-refractivity contribution in [3.63, 3.8) is 0 Å². The Balaban J connectivity index is 2.25. The number of carbonyl (C=O) groups is 2. The molecule has 1 fully saturated rings. The maximum atomic E-state index is 12.1. The fourth-order valence-corrected chi connectivity index (χ4v) is 2.94. The van der Waals surface area contributed by atoms with Gasteiger partial charge in [-0.05, 0) is 11.4 Å². The van der Waals surface area contributed by atoms with Gasteiger partial charge in [0.15, 0.2) is 0 Å². The summed E-state index contributed by atoms with van der Waals surface area (Å²) < 4.78 is 0. The molecule has 92 valence electrons. The monoisotopic (exact) mass is 275 g/mol. The van der Waals surface area contributed by atoms with Crippen molar-refractivity contribution in [2.75, 3.05) is 6.54 Å². The number of likely N-dealkylation sites (tertiary alicyclic amines) is 1. The molecule has 1 aromatic heterocycles. The molecule has 1 aliphatic heterocycles. The highest BCUT2D eigenvalue weighted by atomic mass is 35.5. The van der Waals surface area contributed by atoms with E-state index in [-0.39, 0.29) is 13.0 Å². The lowest BCUT2D eigenvalue weighted by atomic mass is 10.2. The molecule has 0 radical (unpaired) electrons. The molecule has 17 heavy (non-hydrogen) atoms. The van der Waals surface area contributed by atoms with Crippen molar-refractivity contribution in [1.82, 2.24) is 4.90 Å². The molecule has 0 aliphatic carbocycles. The smallest absolute Gasteiger partial charge is 0.326 e. The standard InChI is InChI=1S/C10H10ClNO4S/c11-6-1-2-17-8(6)9(14)12-4-5(13)3-7(12)10(15)16/h1-2,5,7,13H,3-4H2,(H,15,16)/t5-,7+/m1/s1. The van der Waals surface area contributed by atoms with E-state index in [4.69, 9.17) is 16.7 Å². The third-order valence-corrected chi connectivity index (χ3v) is 3.97. The van der Waals surface area contributed by atoms with E-state index < -0.39 is 24.0 Å². The Kier molecular flexibility index (Phi) is 3.37. The Bertz CT molecular complexity index is 461. The Morgan fingerprint density at radius 2 is 2.24 bits per heavy atom. The van der Waals surface area contributed by atoms with Gasteiger partial charge in [-0.1, -0.05) is 11.6 Å². The summed E-state index contributed by atoms with van der Waals surface area (Å²) in [5, 5.41) is 20.4. The lowest BCUT2D eigenvalue weighted by Gasteiger charge is -2.20. The number of carbonyl (C=O) groups excluding carboxylic acids is 1. The second kappa shape index (κ2) is 4.64. The van der Waals surface area contributed by atoms with Crippen molar-refractivity contribution < 1.29 is 19.8 Å². The summed E-state index contributed by atoms with van der Waals surface area (Å²) in [6.07, 6.45) is -0.733. The number of β-amino-alcohol motifs (C(OH)–C–C–N with tert-alkyl or cyclic N) is 1. The molecule has 0 spiro atoms. The summed E-state index contributed by atoms with van der Waals surface area (Å²) in [5.41, 5.74) is 0. The number of aliphatic carboxylic acids is 1. The molecule has 0 aromatic carbocycles. The molecule has 0 unspecified atom stereocenters. The fourth-order valence-electron chi connectivity index (χ4n) is 1.85. The first-order valence-corrected chi connectivity index (χ1v) is 6.21. The molecule has 0 bridgehead atoms. The van der Waals surface area contributed by atoms with Gasteiger partial charge in [0.25, 0.3) is 5.91 Å². The van der Waals surface area contributed by atoms with Crippen molar-refractivity contribution in [3.05, 3.63) is 21.3 Å². The highest BCUT2D eigenvalue weighted by Gasteiger charge is 2.39. The summed E-state index contributed by atoms with van der Waals surface area (Å²) in [5.74, 6) is -1.54. The molecule has 2 heterocycles. The molecule has 0 saturated carbocycles. The van der Waals surface area contributed by atoms with Crippen LogP contribution in [0.1, 0.15) is 16.1 Å². The quantitative estimate of drug-likeness (QED) is 0.846. The van der Waals surface area contributed by atoms with Gasteiger partial charge < -0.3 is 15.1 Å². The van der Waals surface area contributed by atoms with E-state index in [2.05, 4.69) is 0 Å². The van der Waals surface area contributed by atoms with Crippen LogP contribution < -0.4 is 0 Å². The Morgan fingerprint density at radius 1 is 1.53 bits per heavy atom. The number of carboxylic acids is 1. The summed E-state index contributed by atoms with van der Waals surface area (Å²) in [6.45, 7) is 0.0318. The number of halogens is 1. The van der Waals surface area contributed by atoms with Gasteiger partial charge in [-0.3, -0.25) is 4.79 Å². The van der Waals surface area contributed by atoms with E-state index in [1.54, 1.807) is 11.4 Å². The van der Waals surface area contributed by atoms with Crippen LogP contribution in [0.5, 0.6) is 0 Å². The van der Waals surface area contributed by atoms with Crippen molar-refractivity contribution in [2.45, 2.75) is 18.6 Å². The predicted molar refractivity (Wildman–Crippen MR) is 62.4 cm³/mol. The minimum Gasteiger partial charge on any atom is -0.480 e. The molecular weight excluding hydrogens is 266 g/mol. The second-order valence-electron chi connectivity index (χ2n) is 3.80. The molecule has 2 N–H and O–H groups in total. The van der Waals surface area contributed by atoms with Gasteiger partial charge in [-0.25, -0.2) is 4.79 Å². The van der Waals surface area contributed by atoms with E-state index in [0.29, 0.717) is 9.90 Å². The lowest BCUT2D eigenvalue weighted by molar-refractivity contribution is -0.141. The third kappa shape index (κ3) is 2.29. The minimum absolute atomic E-state index is 0.0318. The van der Waals surface area contributed by atoms with Gasteiger partial charge in [0.05, 0.1) is 11.1 Å². The van der Waals surface area contributed by atoms with Gasteiger partial charge >= 0.3 is 5.97 Å². The zero-order valence-electron chi connectivity index (χ0n) is 8.67. The zero-order chi connectivity index (χ0) is 12.6. The van der Waals surface area contributed by atoms with Crippen LogP contribution in [0.4, 0.5) is 0 Å². The Labute approximate surface area is 106 Å². The summed E-state index contributed by atoms with van der Waals surface area (Å²) in [6, 6.07) is 0.609. The number of thiophene rings is 1. The predicted octanol–water partition coefficient (Wildman–Crippen LogP) is 1.06. The number of hydrogen-bond acceptors (Lipinski definition) is 4. The van der Waals surface area contributed by atoms with Crippen LogP contribution in [0.2, 0.25) is 5.02 Å². The number of amides is 1. The van der Waals surface area contributed by atoms with Crippen molar-refractivity contribution in [2.24, 2.45) is 0 Å². The Hall–Kier alpha value is -1.11. The van der Waals surface area contributed by atoms with E-state index in [1.807, 2.05) is 0 Å². The minimum atomic E-state index is -1.11. The van der Waals surface area contributed by atoms with Crippen molar-refractivity contribution in [1.29, 1.82) is 0 Å². The second-order valence-corrected chi connectivity index (χ2v) is 5.12. The number of hydrogen-bond donors (Lipinski definition) is 2. The average Bonchev–Trinajstić information content (AvgIpc) is 2.83. The van der Waals surface area contributed by atoms with Gasteiger partial charge in [-0.15, -0.1) is 11.3 Å². The highest BCUT2D eigenvalue weighted by Crippen LogP contribution is 2.27. The van der Waals surface area contributed by atoms with E-state index >= 15 is 0 Å².